The zero-order chi connectivity index (χ0) is 15.5. The SMILES string of the molecule is Cc1cccc(/C=N/Nc2ncc3sc(C(N)=O)cc3n2)c1. The molecule has 3 N–H and O–H groups in total. The number of nitrogens with one attached hydrogen (secondary N) is 1. The van der Waals surface area contributed by atoms with Gasteiger partial charge in [0, 0.05) is 0 Å². The number of carbonyl (C=O) groups is 1. The first kappa shape index (κ1) is 14.2. The molecule has 0 spiro atoms. The molecule has 0 aliphatic rings. The highest BCUT2D eigenvalue weighted by Crippen LogP contribution is 2.23. The van der Waals surface area contributed by atoms with Crippen molar-refractivity contribution < 1.29 is 4.79 Å². The highest BCUT2D eigenvalue weighted by molar-refractivity contribution is 7.20. The van der Waals surface area contributed by atoms with Crippen LogP contribution in [0.25, 0.3) is 10.2 Å². The van der Waals surface area contributed by atoms with E-state index in [4.69, 9.17) is 5.73 Å². The molecule has 7 heteroatoms. The molecule has 110 valence electrons. The van der Waals surface area contributed by atoms with Gasteiger partial charge in [0.15, 0.2) is 0 Å². The van der Waals surface area contributed by atoms with E-state index in [-0.39, 0.29) is 0 Å². The fourth-order valence-electron chi connectivity index (χ4n) is 1.93. The third-order valence-corrected chi connectivity index (χ3v) is 4.01. The fraction of sp³-hybridized carbons (Fsp3) is 0.0667. The smallest absolute Gasteiger partial charge is 0.258 e. The second-order valence-corrected chi connectivity index (χ2v) is 5.79. The van der Waals surface area contributed by atoms with Gasteiger partial charge in [-0.15, -0.1) is 11.3 Å². The van der Waals surface area contributed by atoms with Crippen LogP contribution >= 0.6 is 11.3 Å². The number of rotatable bonds is 4. The summed E-state index contributed by atoms with van der Waals surface area (Å²) in [5.74, 6) is -0.0970. The van der Waals surface area contributed by atoms with E-state index in [1.54, 1.807) is 18.5 Å². The summed E-state index contributed by atoms with van der Waals surface area (Å²) in [7, 11) is 0. The van der Waals surface area contributed by atoms with Crippen molar-refractivity contribution in [1.82, 2.24) is 9.97 Å². The van der Waals surface area contributed by atoms with Crippen LogP contribution < -0.4 is 11.2 Å². The third-order valence-electron chi connectivity index (χ3n) is 2.93. The molecule has 1 aromatic carbocycles. The molecule has 1 amide bonds. The number of hydrogen-bond donors (Lipinski definition) is 2. The Morgan fingerprint density at radius 2 is 2.27 bits per heavy atom. The molecule has 2 heterocycles. The minimum Gasteiger partial charge on any atom is -0.365 e. The molecule has 2 aromatic heterocycles. The monoisotopic (exact) mass is 311 g/mol. The van der Waals surface area contributed by atoms with E-state index < -0.39 is 5.91 Å². The molecule has 0 aliphatic heterocycles. The van der Waals surface area contributed by atoms with Gasteiger partial charge in [0.05, 0.1) is 27.5 Å². The standard InChI is InChI=1S/C15H13N5OS/c1-9-3-2-4-10(5-9)7-18-20-15-17-8-13-11(19-15)6-12(22-13)14(16)21/h2-8H,1H3,(H2,16,21)(H,17,19,20)/b18-7+. The van der Waals surface area contributed by atoms with E-state index in [0.717, 1.165) is 10.3 Å². The van der Waals surface area contributed by atoms with Crippen LogP contribution in [0.5, 0.6) is 0 Å². The summed E-state index contributed by atoms with van der Waals surface area (Å²) in [6.07, 6.45) is 3.34. The van der Waals surface area contributed by atoms with E-state index in [1.165, 1.54) is 16.9 Å². The van der Waals surface area contributed by atoms with Crippen molar-refractivity contribution in [2.75, 3.05) is 5.43 Å². The van der Waals surface area contributed by atoms with E-state index in [0.29, 0.717) is 16.3 Å². The van der Waals surface area contributed by atoms with Crippen LogP contribution in [0, 0.1) is 6.92 Å². The minimum absolute atomic E-state index is 0.366. The first-order valence-corrected chi connectivity index (χ1v) is 7.35. The normalized spacial score (nSPS) is 11.1. The van der Waals surface area contributed by atoms with Gasteiger partial charge in [0.1, 0.15) is 0 Å². The van der Waals surface area contributed by atoms with Gasteiger partial charge in [-0.3, -0.25) is 4.79 Å². The lowest BCUT2D eigenvalue weighted by Crippen LogP contribution is -2.08. The molecule has 0 fully saturated rings. The molecule has 0 unspecified atom stereocenters. The Morgan fingerprint density at radius 3 is 3.05 bits per heavy atom. The number of primary amides is 1. The van der Waals surface area contributed by atoms with Crippen LogP contribution in [-0.4, -0.2) is 22.1 Å². The lowest BCUT2D eigenvalue weighted by Gasteiger charge is -1.98. The van der Waals surface area contributed by atoms with Gasteiger partial charge in [-0.1, -0.05) is 29.8 Å². The average molecular weight is 311 g/mol. The second-order valence-electron chi connectivity index (χ2n) is 4.70. The first-order valence-electron chi connectivity index (χ1n) is 6.54. The van der Waals surface area contributed by atoms with Gasteiger partial charge in [0.2, 0.25) is 5.95 Å². The van der Waals surface area contributed by atoms with E-state index in [2.05, 4.69) is 20.5 Å². The zero-order valence-corrected chi connectivity index (χ0v) is 12.6. The van der Waals surface area contributed by atoms with Gasteiger partial charge in [-0.05, 0) is 18.6 Å². The van der Waals surface area contributed by atoms with Crippen molar-refractivity contribution in [3.8, 4) is 0 Å². The number of nitrogens with zero attached hydrogens (tertiary/aromatic N) is 3. The summed E-state index contributed by atoms with van der Waals surface area (Å²) in [4.78, 5) is 20.1. The number of carbonyl (C=O) groups excluding carboxylic acids is 1. The van der Waals surface area contributed by atoms with E-state index >= 15 is 0 Å². The summed E-state index contributed by atoms with van der Waals surface area (Å²) < 4.78 is 0.807. The number of fused-ring (bicyclic) bond motifs is 1. The van der Waals surface area contributed by atoms with Crippen molar-refractivity contribution in [1.29, 1.82) is 0 Å². The van der Waals surface area contributed by atoms with E-state index in [1.807, 2.05) is 31.2 Å². The molecule has 0 saturated heterocycles. The van der Waals surface area contributed by atoms with Crippen molar-refractivity contribution in [2.45, 2.75) is 6.92 Å². The maximum absolute atomic E-state index is 11.2. The molecule has 0 bridgehead atoms. The zero-order valence-electron chi connectivity index (χ0n) is 11.8. The van der Waals surface area contributed by atoms with Gasteiger partial charge < -0.3 is 5.73 Å². The summed E-state index contributed by atoms with van der Waals surface area (Å²) in [5.41, 5.74) is 10.9. The maximum Gasteiger partial charge on any atom is 0.258 e. The summed E-state index contributed by atoms with van der Waals surface area (Å²) in [6.45, 7) is 2.02. The summed E-state index contributed by atoms with van der Waals surface area (Å²) in [5, 5.41) is 4.11. The fourth-order valence-corrected chi connectivity index (χ4v) is 2.75. The van der Waals surface area contributed by atoms with Gasteiger partial charge in [0.25, 0.3) is 5.91 Å². The molecule has 0 aliphatic carbocycles. The topological polar surface area (TPSA) is 93.3 Å². The number of thiophene rings is 1. The quantitative estimate of drug-likeness (QED) is 0.572. The van der Waals surface area contributed by atoms with Crippen molar-refractivity contribution in [3.63, 3.8) is 0 Å². The highest BCUT2D eigenvalue weighted by atomic mass is 32.1. The number of aryl methyl sites for hydroxylation is 1. The Balaban J connectivity index is 1.77. The number of hydrogen-bond acceptors (Lipinski definition) is 6. The molecule has 6 nitrogen and oxygen atoms in total. The van der Waals surface area contributed by atoms with Gasteiger partial charge in [-0.2, -0.15) is 5.10 Å². The number of amides is 1. The van der Waals surface area contributed by atoms with Gasteiger partial charge in [-0.25, -0.2) is 15.4 Å². The Morgan fingerprint density at radius 1 is 1.41 bits per heavy atom. The molecule has 22 heavy (non-hydrogen) atoms. The molecule has 3 aromatic rings. The Hall–Kier alpha value is -2.80. The highest BCUT2D eigenvalue weighted by Gasteiger charge is 2.08. The number of benzene rings is 1. The first-order chi connectivity index (χ1) is 10.6. The van der Waals surface area contributed by atoms with Crippen LogP contribution in [0.2, 0.25) is 0 Å². The van der Waals surface area contributed by atoms with Crippen LogP contribution in [-0.2, 0) is 0 Å². The van der Waals surface area contributed by atoms with Crippen LogP contribution in [0.3, 0.4) is 0 Å². The minimum atomic E-state index is -0.463. The molecule has 0 atom stereocenters. The van der Waals surface area contributed by atoms with E-state index in [9.17, 15) is 4.79 Å². The molecule has 3 rings (SSSR count). The number of nitrogens with two attached hydrogens (primary N) is 1. The lowest BCUT2D eigenvalue weighted by atomic mass is 10.2. The molecule has 0 radical (unpaired) electrons. The largest absolute Gasteiger partial charge is 0.365 e. The Bertz CT molecular complexity index is 871. The summed E-state index contributed by atoms with van der Waals surface area (Å²) in [6, 6.07) is 9.62. The lowest BCUT2D eigenvalue weighted by molar-refractivity contribution is 0.100. The molecular weight excluding hydrogens is 298 g/mol. The number of anilines is 1. The Kier molecular flexibility index (Phi) is 3.80. The van der Waals surface area contributed by atoms with Crippen LogP contribution in [0.4, 0.5) is 5.95 Å². The van der Waals surface area contributed by atoms with Crippen LogP contribution in [0.1, 0.15) is 20.8 Å². The number of aromatic nitrogens is 2. The molecular formula is C15H13N5OS. The molecule has 0 saturated carbocycles. The predicted molar refractivity (Wildman–Crippen MR) is 88.3 cm³/mol. The maximum atomic E-state index is 11.2. The predicted octanol–water partition coefficient (Wildman–Crippen LogP) is 2.54. The average Bonchev–Trinajstić information content (AvgIpc) is 2.91. The number of hydrazone groups is 1. The van der Waals surface area contributed by atoms with Crippen LogP contribution in [0.15, 0.2) is 41.6 Å². The van der Waals surface area contributed by atoms with Crippen molar-refractivity contribution >= 4 is 39.6 Å². The summed E-state index contributed by atoms with van der Waals surface area (Å²) >= 11 is 1.27. The Labute approximate surface area is 130 Å². The van der Waals surface area contributed by atoms with Crippen molar-refractivity contribution in [2.24, 2.45) is 10.8 Å². The third kappa shape index (κ3) is 3.09. The second kappa shape index (κ2) is 5.90. The van der Waals surface area contributed by atoms with Gasteiger partial charge >= 0.3 is 0 Å². The van der Waals surface area contributed by atoms with Crippen molar-refractivity contribution in [3.05, 3.63) is 52.5 Å².